The minimum Gasteiger partial charge on any atom is -0.484 e. The summed E-state index contributed by atoms with van der Waals surface area (Å²) in [6.07, 6.45) is 0. The molecule has 0 N–H and O–H groups in total. The highest BCUT2D eigenvalue weighted by Crippen LogP contribution is 2.24. The van der Waals surface area contributed by atoms with E-state index in [2.05, 4.69) is 0 Å². The van der Waals surface area contributed by atoms with E-state index in [-0.39, 0.29) is 18.6 Å². The summed E-state index contributed by atoms with van der Waals surface area (Å²) in [5, 5.41) is 0. The van der Waals surface area contributed by atoms with Gasteiger partial charge in [-0.3, -0.25) is 4.79 Å². The third-order valence-electron chi connectivity index (χ3n) is 4.02. The molecule has 0 spiro atoms. The van der Waals surface area contributed by atoms with Crippen molar-refractivity contribution in [1.82, 2.24) is 4.90 Å². The number of carbonyl (C=O) groups is 1. The van der Waals surface area contributed by atoms with Gasteiger partial charge in [0.05, 0.1) is 19.3 Å². The van der Waals surface area contributed by atoms with E-state index in [1.807, 2.05) is 66.4 Å². The maximum atomic E-state index is 12.6. The SMILES string of the molecule is Cc1ccc(OCC(=O)N2CCOCC2c2ccccc2)cc1. The van der Waals surface area contributed by atoms with E-state index >= 15 is 0 Å². The predicted octanol–water partition coefficient (Wildman–Crippen LogP) is 2.97. The molecule has 2 aromatic carbocycles. The van der Waals surface area contributed by atoms with Crippen LogP contribution in [0.2, 0.25) is 0 Å². The molecule has 4 nitrogen and oxygen atoms in total. The van der Waals surface area contributed by atoms with Gasteiger partial charge < -0.3 is 14.4 Å². The van der Waals surface area contributed by atoms with Crippen molar-refractivity contribution in [3.8, 4) is 5.75 Å². The van der Waals surface area contributed by atoms with E-state index in [0.29, 0.717) is 25.5 Å². The van der Waals surface area contributed by atoms with Gasteiger partial charge >= 0.3 is 0 Å². The molecule has 3 rings (SSSR count). The Morgan fingerprint density at radius 2 is 1.91 bits per heavy atom. The van der Waals surface area contributed by atoms with Crippen LogP contribution in [0.15, 0.2) is 54.6 Å². The van der Waals surface area contributed by atoms with Crippen LogP contribution in [-0.4, -0.2) is 37.2 Å². The zero-order chi connectivity index (χ0) is 16.1. The molecule has 1 unspecified atom stereocenters. The fourth-order valence-electron chi connectivity index (χ4n) is 2.72. The van der Waals surface area contributed by atoms with Crippen LogP contribution in [0.5, 0.6) is 5.75 Å². The first kappa shape index (κ1) is 15.6. The molecule has 0 bridgehead atoms. The lowest BCUT2D eigenvalue weighted by molar-refractivity contribution is -0.142. The Balaban J connectivity index is 1.65. The summed E-state index contributed by atoms with van der Waals surface area (Å²) in [5.41, 5.74) is 2.26. The number of aryl methyl sites for hydroxylation is 1. The number of carbonyl (C=O) groups excluding carboxylic acids is 1. The third kappa shape index (κ3) is 3.90. The molecule has 1 atom stereocenters. The van der Waals surface area contributed by atoms with Gasteiger partial charge in [0, 0.05) is 6.54 Å². The maximum Gasteiger partial charge on any atom is 0.261 e. The molecular formula is C19H21NO3. The van der Waals surface area contributed by atoms with Gasteiger partial charge in [0.25, 0.3) is 5.91 Å². The Kier molecular flexibility index (Phi) is 4.93. The summed E-state index contributed by atoms with van der Waals surface area (Å²) in [5.74, 6) is 0.705. The first-order chi connectivity index (χ1) is 11.2. The number of nitrogens with zero attached hydrogens (tertiary/aromatic N) is 1. The second-order valence-corrected chi connectivity index (χ2v) is 5.69. The van der Waals surface area contributed by atoms with Crippen molar-refractivity contribution in [3.05, 3.63) is 65.7 Å². The van der Waals surface area contributed by atoms with Gasteiger partial charge in [-0.1, -0.05) is 48.0 Å². The lowest BCUT2D eigenvalue weighted by Gasteiger charge is -2.35. The predicted molar refractivity (Wildman–Crippen MR) is 88.4 cm³/mol. The number of hydrogen-bond acceptors (Lipinski definition) is 3. The normalized spacial score (nSPS) is 17.8. The summed E-state index contributed by atoms with van der Waals surface area (Å²) < 4.78 is 11.2. The van der Waals surface area contributed by atoms with E-state index < -0.39 is 0 Å². The average molecular weight is 311 g/mol. The van der Waals surface area contributed by atoms with Gasteiger partial charge in [-0.05, 0) is 24.6 Å². The highest BCUT2D eigenvalue weighted by molar-refractivity contribution is 5.78. The molecule has 0 saturated carbocycles. The highest BCUT2D eigenvalue weighted by atomic mass is 16.5. The second-order valence-electron chi connectivity index (χ2n) is 5.69. The molecule has 1 amide bonds. The minimum atomic E-state index is -0.0425. The van der Waals surface area contributed by atoms with E-state index in [4.69, 9.17) is 9.47 Å². The number of ether oxygens (including phenoxy) is 2. The fraction of sp³-hybridized carbons (Fsp3) is 0.316. The second kappa shape index (κ2) is 7.29. The Morgan fingerprint density at radius 1 is 1.17 bits per heavy atom. The van der Waals surface area contributed by atoms with Crippen LogP contribution in [0, 0.1) is 6.92 Å². The molecule has 0 radical (unpaired) electrons. The van der Waals surface area contributed by atoms with Crippen molar-refractivity contribution in [2.24, 2.45) is 0 Å². The Hall–Kier alpha value is -2.33. The van der Waals surface area contributed by atoms with E-state index in [1.54, 1.807) is 0 Å². The topological polar surface area (TPSA) is 38.8 Å². The maximum absolute atomic E-state index is 12.6. The molecule has 1 aliphatic heterocycles. The van der Waals surface area contributed by atoms with Crippen LogP contribution in [0.1, 0.15) is 17.2 Å². The number of hydrogen-bond donors (Lipinski definition) is 0. The molecule has 4 heteroatoms. The molecule has 1 saturated heterocycles. The van der Waals surface area contributed by atoms with Crippen molar-refractivity contribution in [3.63, 3.8) is 0 Å². The van der Waals surface area contributed by atoms with Crippen LogP contribution in [0.4, 0.5) is 0 Å². The van der Waals surface area contributed by atoms with Crippen molar-refractivity contribution in [2.75, 3.05) is 26.4 Å². The summed E-state index contributed by atoms with van der Waals surface area (Å²) in [6.45, 7) is 3.76. The molecule has 1 fully saturated rings. The van der Waals surface area contributed by atoms with Crippen LogP contribution < -0.4 is 4.74 Å². The lowest BCUT2D eigenvalue weighted by atomic mass is 10.1. The molecular weight excluding hydrogens is 290 g/mol. The number of rotatable bonds is 4. The van der Waals surface area contributed by atoms with Crippen molar-refractivity contribution >= 4 is 5.91 Å². The highest BCUT2D eigenvalue weighted by Gasteiger charge is 2.28. The first-order valence-corrected chi connectivity index (χ1v) is 7.85. The molecule has 0 aliphatic carbocycles. The fourth-order valence-corrected chi connectivity index (χ4v) is 2.72. The van der Waals surface area contributed by atoms with Gasteiger partial charge in [0.15, 0.2) is 6.61 Å². The van der Waals surface area contributed by atoms with Gasteiger partial charge in [-0.2, -0.15) is 0 Å². The quantitative estimate of drug-likeness (QED) is 0.871. The molecule has 23 heavy (non-hydrogen) atoms. The standard InChI is InChI=1S/C19H21NO3/c1-15-7-9-17(10-8-15)23-14-19(21)20-11-12-22-13-18(20)16-5-3-2-4-6-16/h2-10,18H,11-14H2,1H3. The number of benzene rings is 2. The summed E-state index contributed by atoms with van der Waals surface area (Å²) >= 11 is 0. The van der Waals surface area contributed by atoms with Crippen LogP contribution in [0.3, 0.4) is 0 Å². The zero-order valence-corrected chi connectivity index (χ0v) is 13.3. The first-order valence-electron chi connectivity index (χ1n) is 7.85. The van der Waals surface area contributed by atoms with E-state index in [1.165, 1.54) is 5.56 Å². The number of morpholine rings is 1. The van der Waals surface area contributed by atoms with Gasteiger partial charge in [-0.15, -0.1) is 0 Å². The monoisotopic (exact) mass is 311 g/mol. The van der Waals surface area contributed by atoms with E-state index in [9.17, 15) is 4.79 Å². The van der Waals surface area contributed by atoms with Gasteiger partial charge in [-0.25, -0.2) is 0 Å². The third-order valence-corrected chi connectivity index (χ3v) is 4.02. The van der Waals surface area contributed by atoms with Crippen molar-refractivity contribution in [2.45, 2.75) is 13.0 Å². The largest absolute Gasteiger partial charge is 0.484 e. The average Bonchev–Trinajstić information content (AvgIpc) is 2.62. The number of amides is 1. The Morgan fingerprint density at radius 3 is 2.65 bits per heavy atom. The lowest BCUT2D eigenvalue weighted by Crippen LogP contribution is -2.45. The molecule has 120 valence electrons. The summed E-state index contributed by atoms with van der Waals surface area (Å²) in [7, 11) is 0. The summed E-state index contributed by atoms with van der Waals surface area (Å²) in [6, 6.07) is 17.7. The molecule has 2 aromatic rings. The minimum absolute atomic E-state index is 0.0114. The smallest absolute Gasteiger partial charge is 0.261 e. The van der Waals surface area contributed by atoms with E-state index in [0.717, 1.165) is 5.56 Å². The van der Waals surface area contributed by atoms with Crippen LogP contribution >= 0.6 is 0 Å². The van der Waals surface area contributed by atoms with Crippen molar-refractivity contribution < 1.29 is 14.3 Å². The molecule has 1 heterocycles. The molecule has 1 aliphatic rings. The van der Waals surface area contributed by atoms with Crippen LogP contribution in [0.25, 0.3) is 0 Å². The Bertz CT molecular complexity index is 639. The zero-order valence-electron chi connectivity index (χ0n) is 13.3. The molecule has 0 aromatic heterocycles. The van der Waals surface area contributed by atoms with Gasteiger partial charge in [0.2, 0.25) is 0 Å². The van der Waals surface area contributed by atoms with Gasteiger partial charge in [0.1, 0.15) is 5.75 Å². The van der Waals surface area contributed by atoms with Crippen LogP contribution in [-0.2, 0) is 9.53 Å². The Labute approximate surface area is 136 Å². The summed E-state index contributed by atoms with van der Waals surface area (Å²) in [4.78, 5) is 14.4. The van der Waals surface area contributed by atoms with Crippen molar-refractivity contribution in [1.29, 1.82) is 0 Å².